The second-order valence-corrected chi connectivity index (χ2v) is 7.49. The summed E-state index contributed by atoms with van der Waals surface area (Å²) in [7, 11) is 1.26. The number of esters is 1. The average molecular weight is 399 g/mol. The molecule has 2 aromatic rings. The summed E-state index contributed by atoms with van der Waals surface area (Å²) in [5.41, 5.74) is 1.83. The topological polar surface area (TPSA) is 97.3 Å². The van der Waals surface area contributed by atoms with Crippen LogP contribution in [0.1, 0.15) is 46.9 Å². The summed E-state index contributed by atoms with van der Waals surface area (Å²) >= 11 is 0. The predicted octanol–water partition coefficient (Wildman–Crippen LogP) is 2.69. The molecule has 2 aliphatic rings. The molecule has 3 N–H and O–H groups in total. The first-order chi connectivity index (χ1) is 14.0. The molecule has 0 aromatic heterocycles. The number of aryl methyl sites for hydroxylation is 1. The number of carbonyl (C=O) groups excluding carboxylic acids is 1. The molecule has 3 unspecified atom stereocenters. The molecule has 4 rings (SSSR count). The van der Waals surface area contributed by atoms with E-state index in [0.29, 0.717) is 11.6 Å². The van der Waals surface area contributed by atoms with E-state index in [-0.39, 0.29) is 24.1 Å². The van der Waals surface area contributed by atoms with Gasteiger partial charge in [-0.2, -0.15) is 0 Å². The summed E-state index contributed by atoms with van der Waals surface area (Å²) in [6, 6.07) is 10.8. The van der Waals surface area contributed by atoms with Gasteiger partial charge in [0.1, 0.15) is 11.3 Å². The van der Waals surface area contributed by atoms with Crippen LogP contribution < -0.4 is 14.8 Å². The van der Waals surface area contributed by atoms with Gasteiger partial charge in [-0.05, 0) is 61.1 Å². The van der Waals surface area contributed by atoms with Gasteiger partial charge in [0.25, 0.3) is 0 Å². The molecule has 0 saturated carbocycles. The third-order valence-corrected chi connectivity index (χ3v) is 5.64. The number of aromatic hydroxyl groups is 1. The highest BCUT2D eigenvalue weighted by atomic mass is 16.7. The number of hydrogen-bond acceptors (Lipinski definition) is 7. The Morgan fingerprint density at radius 2 is 2.03 bits per heavy atom. The molecular formula is C22H25NO6. The molecule has 29 heavy (non-hydrogen) atoms. The van der Waals surface area contributed by atoms with E-state index in [9.17, 15) is 15.0 Å². The number of aliphatic hydroxyl groups excluding tert-OH is 1. The van der Waals surface area contributed by atoms with Gasteiger partial charge < -0.3 is 29.7 Å². The van der Waals surface area contributed by atoms with Gasteiger partial charge in [-0.15, -0.1) is 0 Å². The second-order valence-electron chi connectivity index (χ2n) is 7.49. The van der Waals surface area contributed by atoms with E-state index in [0.717, 1.165) is 37.2 Å². The van der Waals surface area contributed by atoms with Crippen molar-refractivity contribution in [1.29, 1.82) is 0 Å². The van der Waals surface area contributed by atoms with E-state index in [1.54, 1.807) is 6.07 Å². The Balaban J connectivity index is 1.35. The predicted molar refractivity (Wildman–Crippen MR) is 105 cm³/mol. The lowest BCUT2D eigenvalue weighted by atomic mass is 9.98. The van der Waals surface area contributed by atoms with Crippen LogP contribution in [0.3, 0.4) is 0 Å². The zero-order valence-electron chi connectivity index (χ0n) is 16.3. The van der Waals surface area contributed by atoms with Gasteiger partial charge in [0.2, 0.25) is 6.79 Å². The number of phenols is 1. The van der Waals surface area contributed by atoms with Gasteiger partial charge in [0.15, 0.2) is 11.5 Å². The molecule has 2 aliphatic heterocycles. The highest BCUT2D eigenvalue weighted by Gasteiger charge is 2.30. The molecule has 0 bridgehead atoms. The van der Waals surface area contributed by atoms with E-state index in [1.807, 2.05) is 12.1 Å². The third-order valence-electron chi connectivity index (χ3n) is 5.64. The van der Waals surface area contributed by atoms with Crippen LogP contribution in [0.2, 0.25) is 0 Å². The first kappa shape index (κ1) is 19.5. The van der Waals surface area contributed by atoms with Crippen LogP contribution in [0, 0.1) is 0 Å². The van der Waals surface area contributed by atoms with Crippen LogP contribution in [0.4, 0.5) is 0 Å². The van der Waals surface area contributed by atoms with E-state index in [2.05, 4.69) is 16.1 Å². The summed E-state index contributed by atoms with van der Waals surface area (Å²) in [5, 5.41) is 24.1. The Hall–Kier alpha value is -2.77. The maximum Gasteiger partial charge on any atom is 0.341 e. The maximum absolute atomic E-state index is 11.8. The van der Waals surface area contributed by atoms with E-state index >= 15 is 0 Å². The molecule has 2 aromatic carbocycles. The fraction of sp³-hybridized carbons (Fsp3) is 0.409. The van der Waals surface area contributed by atoms with Crippen molar-refractivity contribution in [3.05, 3.63) is 53.1 Å². The molecule has 1 saturated heterocycles. The van der Waals surface area contributed by atoms with Crippen LogP contribution in [0.15, 0.2) is 36.4 Å². The Labute approximate surface area is 169 Å². The standard InChI is InChI=1S/C22H25NO6/c1-27-22(26)16-11-14(4-8-18(16)24)21(25)17-7-6-15(23-17)5-2-13-3-9-19-20(10-13)29-12-28-19/h3-4,8-11,15,17,21,23-25H,2,5-7,12H2,1H3. The molecular weight excluding hydrogens is 374 g/mol. The number of carbonyl (C=O) groups is 1. The van der Waals surface area contributed by atoms with Crippen LogP contribution in [0.25, 0.3) is 0 Å². The highest BCUT2D eigenvalue weighted by molar-refractivity contribution is 5.92. The lowest BCUT2D eigenvalue weighted by Gasteiger charge is -2.21. The zero-order valence-corrected chi connectivity index (χ0v) is 16.3. The van der Waals surface area contributed by atoms with Crippen molar-refractivity contribution >= 4 is 5.97 Å². The fourth-order valence-corrected chi connectivity index (χ4v) is 4.01. The molecule has 0 spiro atoms. The Bertz CT molecular complexity index is 899. The molecule has 0 radical (unpaired) electrons. The Morgan fingerprint density at radius 1 is 1.21 bits per heavy atom. The molecule has 2 heterocycles. The number of ether oxygens (including phenoxy) is 3. The van der Waals surface area contributed by atoms with Gasteiger partial charge in [-0.25, -0.2) is 4.79 Å². The number of aliphatic hydroxyl groups is 1. The second kappa shape index (κ2) is 8.31. The zero-order chi connectivity index (χ0) is 20.4. The Kier molecular flexibility index (Phi) is 5.60. The van der Waals surface area contributed by atoms with Crippen LogP contribution in [-0.4, -0.2) is 42.2 Å². The molecule has 154 valence electrons. The SMILES string of the molecule is COC(=O)c1cc(C(O)C2CCC(CCc3ccc4c(c3)OCO4)N2)ccc1O. The number of nitrogens with one attached hydrogen (secondary N) is 1. The number of phenolic OH excluding ortho intramolecular Hbond substituents is 1. The summed E-state index contributed by atoms with van der Waals surface area (Å²) in [4.78, 5) is 11.8. The normalized spacial score (nSPS) is 21.2. The molecule has 0 amide bonds. The monoisotopic (exact) mass is 399 g/mol. The minimum absolute atomic E-state index is 0.0569. The van der Waals surface area contributed by atoms with E-state index in [4.69, 9.17) is 9.47 Å². The van der Waals surface area contributed by atoms with Gasteiger partial charge in [-0.3, -0.25) is 0 Å². The number of methoxy groups -OCH3 is 1. The largest absolute Gasteiger partial charge is 0.507 e. The lowest BCUT2D eigenvalue weighted by Crippen LogP contribution is -2.34. The van der Waals surface area contributed by atoms with Crippen molar-refractivity contribution in [2.45, 2.75) is 43.9 Å². The van der Waals surface area contributed by atoms with Crippen LogP contribution in [-0.2, 0) is 11.2 Å². The first-order valence-electron chi connectivity index (χ1n) is 9.79. The van der Waals surface area contributed by atoms with Crippen molar-refractivity contribution in [1.82, 2.24) is 5.32 Å². The number of benzene rings is 2. The average Bonchev–Trinajstić information content (AvgIpc) is 3.40. The van der Waals surface area contributed by atoms with Crippen LogP contribution >= 0.6 is 0 Å². The molecule has 7 heteroatoms. The van der Waals surface area contributed by atoms with Crippen molar-refractivity contribution in [2.75, 3.05) is 13.9 Å². The highest BCUT2D eigenvalue weighted by Crippen LogP contribution is 2.34. The first-order valence-corrected chi connectivity index (χ1v) is 9.79. The number of hydrogen-bond donors (Lipinski definition) is 3. The summed E-state index contributed by atoms with van der Waals surface area (Å²) < 4.78 is 15.5. The third kappa shape index (κ3) is 4.16. The van der Waals surface area contributed by atoms with Crippen molar-refractivity contribution in [2.24, 2.45) is 0 Å². The smallest absolute Gasteiger partial charge is 0.341 e. The van der Waals surface area contributed by atoms with Crippen molar-refractivity contribution in [3.63, 3.8) is 0 Å². The Morgan fingerprint density at radius 3 is 2.86 bits per heavy atom. The number of fused-ring (bicyclic) bond motifs is 1. The van der Waals surface area contributed by atoms with Crippen molar-refractivity contribution in [3.8, 4) is 17.2 Å². The van der Waals surface area contributed by atoms with Crippen molar-refractivity contribution < 1.29 is 29.2 Å². The lowest BCUT2D eigenvalue weighted by molar-refractivity contribution is 0.0596. The maximum atomic E-state index is 11.8. The van der Waals surface area contributed by atoms with E-state index in [1.165, 1.54) is 24.8 Å². The number of rotatable bonds is 6. The minimum Gasteiger partial charge on any atom is -0.507 e. The quantitative estimate of drug-likeness (QED) is 0.643. The van der Waals surface area contributed by atoms with Crippen LogP contribution in [0.5, 0.6) is 17.2 Å². The fourth-order valence-electron chi connectivity index (χ4n) is 4.01. The molecule has 1 fully saturated rings. The molecule has 0 aliphatic carbocycles. The summed E-state index contributed by atoms with van der Waals surface area (Å²) in [5.74, 6) is 0.798. The molecule has 7 nitrogen and oxygen atoms in total. The van der Waals surface area contributed by atoms with E-state index < -0.39 is 12.1 Å². The minimum atomic E-state index is -0.769. The van der Waals surface area contributed by atoms with Gasteiger partial charge in [-0.1, -0.05) is 12.1 Å². The summed E-state index contributed by atoms with van der Waals surface area (Å²) in [6.07, 6.45) is 2.89. The summed E-state index contributed by atoms with van der Waals surface area (Å²) in [6.45, 7) is 0.275. The van der Waals surface area contributed by atoms with Gasteiger partial charge in [0, 0.05) is 12.1 Å². The van der Waals surface area contributed by atoms with Gasteiger partial charge >= 0.3 is 5.97 Å². The van der Waals surface area contributed by atoms with Gasteiger partial charge in [0.05, 0.1) is 13.2 Å². The molecule has 3 atom stereocenters.